The van der Waals surface area contributed by atoms with Gasteiger partial charge < -0.3 is 15.7 Å². The summed E-state index contributed by atoms with van der Waals surface area (Å²) >= 11 is 0. The summed E-state index contributed by atoms with van der Waals surface area (Å²) in [6, 6.07) is 3.22. The maximum absolute atomic E-state index is 11.0. The molecule has 92 valence electrons. The summed E-state index contributed by atoms with van der Waals surface area (Å²) in [4.78, 5) is 17.5. The van der Waals surface area contributed by atoms with Crippen LogP contribution in [0.5, 0.6) is 0 Å². The number of aromatic carboxylic acids is 1. The zero-order valence-electron chi connectivity index (χ0n) is 9.89. The molecule has 5 heteroatoms. The Balaban J connectivity index is 2.24. The molecule has 5 nitrogen and oxygen atoms in total. The highest BCUT2D eigenvalue weighted by Gasteiger charge is 2.23. The number of pyridine rings is 1. The molecule has 17 heavy (non-hydrogen) atoms. The van der Waals surface area contributed by atoms with Crippen LogP contribution in [0.25, 0.3) is 0 Å². The molecule has 3 N–H and O–H groups in total. The standard InChI is InChI=1S/C12H17N3O2/c1-8-4-10(12(16)17)5-11(14-8)15-3-2-9(6-13)7-15/h4-5,9H,2-3,6-7,13H2,1H3,(H,16,17). The SMILES string of the molecule is Cc1cc(C(=O)O)cc(N2CCC(CN)C2)n1. The molecule has 1 fully saturated rings. The minimum atomic E-state index is -0.911. The van der Waals surface area contributed by atoms with Crippen molar-refractivity contribution >= 4 is 11.8 Å². The number of aromatic nitrogens is 1. The molecule has 0 amide bonds. The molecule has 0 bridgehead atoms. The molecule has 1 aromatic rings. The Labute approximate surface area is 100 Å². The van der Waals surface area contributed by atoms with Crippen molar-refractivity contribution in [1.29, 1.82) is 0 Å². The Kier molecular flexibility index (Phi) is 3.28. The minimum absolute atomic E-state index is 0.295. The van der Waals surface area contributed by atoms with Gasteiger partial charge in [-0.1, -0.05) is 0 Å². The molecule has 0 radical (unpaired) electrons. The summed E-state index contributed by atoms with van der Waals surface area (Å²) in [5.41, 5.74) is 6.67. The van der Waals surface area contributed by atoms with Gasteiger partial charge in [-0.3, -0.25) is 0 Å². The molecule has 0 spiro atoms. The van der Waals surface area contributed by atoms with Crippen LogP contribution < -0.4 is 10.6 Å². The number of anilines is 1. The third-order valence-electron chi connectivity index (χ3n) is 3.13. The maximum Gasteiger partial charge on any atom is 0.335 e. The molecule has 0 aromatic carbocycles. The summed E-state index contributed by atoms with van der Waals surface area (Å²) < 4.78 is 0. The maximum atomic E-state index is 11.0. The van der Waals surface area contributed by atoms with Gasteiger partial charge in [0.2, 0.25) is 0 Å². The van der Waals surface area contributed by atoms with Crippen molar-refractivity contribution in [1.82, 2.24) is 4.98 Å². The van der Waals surface area contributed by atoms with Crippen LogP contribution in [0.15, 0.2) is 12.1 Å². The van der Waals surface area contributed by atoms with Crippen molar-refractivity contribution in [3.8, 4) is 0 Å². The van der Waals surface area contributed by atoms with Crippen LogP contribution in [-0.2, 0) is 0 Å². The molecule has 2 heterocycles. The quantitative estimate of drug-likeness (QED) is 0.812. The minimum Gasteiger partial charge on any atom is -0.478 e. The number of carbonyl (C=O) groups is 1. The van der Waals surface area contributed by atoms with Crippen molar-refractivity contribution in [3.63, 3.8) is 0 Å². The van der Waals surface area contributed by atoms with Crippen LogP contribution >= 0.6 is 0 Å². The summed E-state index contributed by atoms with van der Waals surface area (Å²) in [5.74, 6) is 0.329. The lowest BCUT2D eigenvalue weighted by atomic mass is 10.1. The predicted molar refractivity (Wildman–Crippen MR) is 65.3 cm³/mol. The van der Waals surface area contributed by atoms with Gasteiger partial charge in [0.1, 0.15) is 5.82 Å². The lowest BCUT2D eigenvalue weighted by molar-refractivity contribution is 0.0696. The fourth-order valence-electron chi connectivity index (χ4n) is 2.17. The normalized spacial score (nSPS) is 19.6. The number of carboxylic acid groups (broad SMARTS) is 1. The third-order valence-corrected chi connectivity index (χ3v) is 3.13. The van der Waals surface area contributed by atoms with Crippen LogP contribution in [-0.4, -0.2) is 35.7 Å². The van der Waals surface area contributed by atoms with Gasteiger partial charge in [0.25, 0.3) is 0 Å². The van der Waals surface area contributed by atoms with Crippen molar-refractivity contribution in [3.05, 3.63) is 23.4 Å². The number of nitrogens with two attached hydrogens (primary N) is 1. The van der Waals surface area contributed by atoms with E-state index in [1.165, 1.54) is 0 Å². The smallest absolute Gasteiger partial charge is 0.335 e. The van der Waals surface area contributed by atoms with Crippen LogP contribution in [0.2, 0.25) is 0 Å². The van der Waals surface area contributed by atoms with Crippen molar-refractivity contribution in [2.75, 3.05) is 24.5 Å². The Hall–Kier alpha value is -1.62. The molecule has 1 aromatic heterocycles. The second kappa shape index (κ2) is 4.71. The number of carboxylic acids is 1. The van der Waals surface area contributed by atoms with Gasteiger partial charge >= 0.3 is 5.97 Å². The van der Waals surface area contributed by atoms with E-state index in [9.17, 15) is 4.79 Å². The van der Waals surface area contributed by atoms with Gasteiger partial charge in [0.15, 0.2) is 0 Å². The first-order valence-corrected chi connectivity index (χ1v) is 5.77. The highest BCUT2D eigenvalue weighted by atomic mass is 16.4. The van der Waals surface area contributed by atoms with Crippen molar-refractivity contribution in [2.24, 2.45) is 11.7 Å². The second-order valence-corrected chi connectivity index (χ2v) is 4.50. The lowest BCUT2D eigenvalue weighted by Gasteiger charge is -2.18. The Morgan fingerprint density at radius 2 is 2.41 bits per heavy atom. The van der Waals surface area contributed by atoms with Crippen LogP contribution in [0, 0.1) is 12.8 Å². The third kappa shape index (κ3) is 2.55. The van der Waals surface area contributed by atoms with Gasteiger partial charge in [0.05, 0.1) is 5.56 Å². The summed E-state index contributed by atoms with van der Waals surface area (Å²) in [7, 11) is 0. The molecular formula is C12H17N3O2. The number of aryl methyl sites for hydroxylation is 1. The summed E-state index contributed by atoms with van der Waals surface area (Å²) in [6.07, 6.45) is 1.05. The fourth-order valence-corrected chi connectivity index (χ4v) is 2.17. The van der Waals surface area contributed by atoms with E-state index in [4.69, 9.17) is 10.8 Å². The van der Waals surface area contributed by atoms with Crippen molar-refractivity contribution < 1.29 is 9.90 Å². The zero-order valence-corrected chi connectivity index (χ0v) is 9.89. The van der Waals surface area contributed by atoms with Gasteiger partial charge in [-0.2, -0.15) is 0 Å². The molecule has 0 saturated carbocycles. The molecule has 1 atom stereocenters. The van der Waals surface area contributed by atoms with E-state index in [2.05, 4.69) is 9.88 Å². The average Bonchev–Trinajstić information content (AvgIpc) is 2.76. The number of rotatable bonds is 3. The van der Waals surface area contributed by atoms with E-state index in [0.29, 0.717) is 18.0 Å². The van der Waals surface area contributed by atoms with E-state index >= 15 is 0 Å². The van der Waals surface area contributed by atoms with E-state index in [1.54, 1.807) is 12.1 Å². The van der Waals surface area contributed by atoms with E-state index < -0.39 is 5.97 Å². The number of nitrogens with zero attached hydrogens (tertiary/aromatic N) is 2. The second-order valence-electron chi connectivity index (χ2n) is 4.50. The number of hydrogen-bond donors (Lipinski definition) is 2. The van der Waals surface area contributed by atoms with Crippen LogP contribution in [0.1, 0.15) is 22.5 Å². The molecule has 1 aliphatic rings. The zero-order chi connectivity index (χ0) is 12.4. The van der Waals surface area contributed by atoms with Crippen molar-refractivity contribution in [2.45, 2.75) is 13.3 Å². The first-order valence-electron chi connectivity index (χ1n) is 5.77. The fraction of sp³-hybridized carbons (Fsp3) is 0.500. The largest absolute Gasteiger partial charge is 0.478 e. The Bertz CT molecular complexity index is 434. The topological polar surface area (TPSA) is 79.5 Å². The average molecular weight is 235 g/mol. The van der Waals surface area contributed by atoms with E-state index in [0.717, 1.165) is 31.0 Å². The van der Waals surface area contributed by atoms with E-state index in [1.807, 2.05) is 6.92 Å². The van der Waals surface area contributed by atoms with Gasteiger partial charge in [0, 0.05) is 18.8 Å². The molecule has 2 rings (SSSR count). The summed E-state index contributed by atoms with van der Waals surface area (Å²) in [6.45, 7) is 4.25. The summed E-state index contributed by atoms with van der Waals surface area (Å²) in [5, 5.41) is 9.01. The lowest BCUT2D eigenvalue weighted by Crippen LogP contribution is -2.24. The molecule has 1 unspecified atom stereocenters. The van der Waals surface area contributed by atoms with Gasteiger partial charge in [-0.05, 0) is 37.9 Å². The molecule has 1 aliphatic heterocycles. The van der Waals surface area contributed by atoms with Gasteiger partial charge in [-0.25, -0.2) is 9.78 Å². The molecule has 1 saturated heterocycles. The Morgan fingerprint density at radius 1 is 1.65 bits per heavy atom. The highest BCUT2D eigenvalue weighted by Crippen LogP contribution is 2.22. The molecular weight excluding hydrogens is 218 g/mol. The van der Waals surface area contributed by atoms with Gasteiger partial charge in [-0.15, -0.1) is 0 Å². The monoisotopic (exact) mass is 235 g/mol. The first-order chi connectivity index (χ1) is 8.10. The Morgan fingerprint density at radius 3 is 3.00 bits per heavy atom. The molecule has 0 aliphatic carbocycles. The van der Waals surface area contributed by atoms with Crippen LogP contribution in [0.4, 0.5) is 5.82 Å². The predicted octanol–water partition coefficient (Wildman–Crippen LogP) is 0.873. The highest BCUT2D eigenvalue weighted by molar-refractivity contribution is 5.88. The van der Waals surface area contributed by atoms with Crippen LogP contribution in [0.3, 0.4) is 0 Å². The number of hydrogen-bond acceptors (Lipinski definition) is 4. The van der Waals surface area contributed by atoms with E-state index in [-0.39, 0.29) is 0 Å². The first kappa shape index (κ1) is 11.9.